The van der Waals surface area contributed by atoms with Crippen molar-refractivity contribution in [2.45, 2.75) is 38.5 Å². The molecule has 0 heterocycles. The average Bonchev–Trinajstić information content (AvgIpc) is 2.34. The Kier molecular flexibility index (Phi) is 6.16. The Morgan fingerprint density at radius 1 is 1.38 bits per heavy atom. The van der Waals surface area contributed by atoms with Gasteiger partial charge in [0.1, 0.15) is 0 Å². The van der Waals surface area contributed by atoms with Crippen LogP contribution in [0.25, 0.3) is 0 Å². The molecule has 0 saturated heterocycles. The molecule has 0 bridgehead atoms. The Bertz CT molecular complexity index is 228. The highest BCUT2D eigenvalue weighted by molar-refractivity contribution is 5.75. The van der Waals surface area contributed by atoms with E-state index in [0.717, 1.165) is 25.8 Å². The van der Waals surface area contributed by atoms with Gasteiger partial charge in [0.05, 0.1) is 0 Å². The van der Waals surface area contributed by atoms with Crippen LogP contribution in [-0.2, 0) is 4.79 Å². The van der Waals surface area contributed by atoms with Gasteiger partial charge in [-0.3, -0.25) is 4.79 Å². The van der Waals surface area contributed by atoms with Gasteiger partial charge >= 0.3 is 0 Å². The maximum Gasteiger partial charge on any atom is 0.220 e. The van der Waals surface area contributed by atoms with E-state index < -0.39 is 0 Å². The first kappa shape index (κ1) is 13.2. The molecule has 0 aromatic carbocycles. The summed E-state index contributed by atoms with van der Waals surface area (Å²) in [6.07, 6.45) is 7.70. The van der Waals surface area contributed by atoms with E-state index in [0.29, 0.717) is 18.3 Å². The van der Waals surface area contributed by atoms with Crippen molar-refractivity contribution in [1.29, 1.82) is 0 Å². The van der Waals surface area contributed by atoms with E-state index in [9.17, 15) is 9.90 Å². The highest BCUT2D eigenvalue weighted by atomic mass is 16.3. The number of aliphatic hydroxyl groups is 1. The van der Waals surface area contributed by atoms with Gasteiger partial charge in [0, 0.05) is 19.6 Å². The number of rotatable bonds is 6. The summed E-state index contributed by atoms with van der Waals surface area (Å²) in [4.78, 5) is 11.4. The molecule has 0 aromatic rings. The molecule has 1 saturated carbocycles. The summed E-state index contributed by atoms with van der Waals surface area (Å²) in [6, 6.07) is 0. The molecule has 0 aliphatic heterocycles. The van der Waals surface area contributed by atoms with Gasteiger partial charge in [-0.2, -0.15) is 0 Å². The normalized spacial score (nSPS) is 25.1. The minimum Gasteiger partial charge on any atom is -0.396 e. The molecule has 0 radical (unpaired) electrons. The largest absolute Gasteiger partial charge is 0.396 e. The van der Waals surface area contributed by atoms with Crippen molar-refractivity contribution in [2.75, 3.05) is 13.2 Å². The SMILES string of the molecule is C=CCCC(=O)NCC1CCCCC1CO. The number of carbonyl (C=O) groups excluding carboxylic acids is 1. The molecule has 1 aliphatic carbocycles. The van der Waals surface area contributed by atoms with Crippen LogP contribution in [0.5, 0.6) is 0 Å². The molecule has 2 atom stereocenters. The molecule has 1 aliphatic rings. The van der Waals surface area contributed by atoms with Gasteiger partial charge in [-0.05, 0) is 31.1 Å². The molecule has 3 nitrogen and oxygen atoms in total. The van der Waals surface area contributed by atoms with Crippen molar-refractivity contribution in [3.05, 3.63) is 12.7 Å². The zero-order valence-corrected chi connectivity index (χ0v) is 9.95. The Morgan fingerprint density at radius 3 is 2.69 bits per heavy atom. The number of allylic oxidation sites excluding steroid dienone is 1. The summed E-state index contributed by atoms with van der Waals surface area (Å²) in [7, 11) is 0. The molecule has 92 valence electrons. The van der Waals surface area contributed by atoms with Crippen LogP contribution >= 0.6 is 0 Å². The van der Waals surface area contributed by atoms with E-state index in [1.807, 2.05) is 0 Å². The average molecular weight is 225 g/mol. The molecule has 0 spiro atoms. The first-order valence-corrected chi connectivity index (χ1v) is 6.26. The zero-order valence-electron chi connectivity index (χ0n) is 9.95. The fourth-order valence-corrected chi connectivity index (χ4v) is 2.36. The van der Waals surface area contributed by atoms with Crippen LogP contribution in [0.3, 0.4) is 0 Å². The second kappa shape index (κ2) is 7.44. The second-order valence-electron chi connectivity index (χ2n) is 4.62. The van der Waals surface area contributed by atoms with E-state index in [-0.39, 0.29) is 12.5 Å². The Labute approximate surface area is 97.9 Å². The highest BCUT2D eigenvalue weighted by Crippen LogP contribution is 2.28. The minimum absolute atomic E-state index is 0.0992. The molecule has 3 heteroatoms. The maximum absolute atomic E-state index is 11.4. The van der Waals surface area contributed by atoms with E-state index in [1.165, 1.54) is 12.8 Å². The fourth-order valence-electron chi connectivity index (χ4n) is 2.36. The number of aliphatic hydroxyl groups excluding tert-OH is 1. The zero-order chi connectivity index (χ0) is 11.8. The predicted molar refractivity (Wildman–Crippen MR) is 65.0 cm³/mol. The van der Waals surface area contributed by atoms with Gasteiger partial charge in [0.2, 0.25) is 5.91 Å². The van der Waals surface area contributed by atoms with E-state index in [1.54, 1.807) is 6.08 Å². The number of amides is 1. The molecule has 2 N–H and O–H groups in total. The van der Waals surface area contributed by atoms with E-state index in [4.69, 9.17) is 0 Å². The van der Waals surface area contributed by atoms with Gasteiger partial charge in [-0.15, -0.1) is 6.58 Å². The third-order valence-corrected chi connectivity index (χ3v) is 3.44. The van der Waals surface area contributed by atoms with Gasteiger partial charge in [0.25, 0.3) is 0 Å². The Balaban J connectivity index is 2.24. The van der Waals surface area contributed by atoms with Crippen LogP contribution < -0.4 is 5.32 Å². The van der Waals surface area contributed by atoms with Crippen molar-refractivity contribution in [1.82, 2.24) is 5.32 Å². The van der Waals surface area contributed by atoms with Crippen molar-refractivity contribution in [3.8, 4) is 0 Å². The first-order chi connectivity index (χ1) is 7.77. The van der Waals surface area contributed by atoms with Crippen LogP contribution in [0.1, 0.15) is 38.5 Å². The van der Waals surface area contributed by atoms with Crippen LogP contribution in [0.15, 0.2) is 12.7 Å². The Hall–Kier alpha value is -0.830. The van der Waals surface area contributed by atoms with Crippen LogP contribution in [0, 0.1) is 11.8 Å². The molecule has 16 heavy (non-hydrogen) atoms. The second-order valence-corrected chi connectivity index (χ2v) is 4.62. The van der Waals surface area contributed by atoms with Crippen LogP contribution in [0.4, 0.5) is 0 Å². The third-order valence-electron chi connectivity index (χ3n) is 3.44. The number of carbonyl (C=O) groups is 1. The predicted octanol–water partition coefficient (Wildman–Crippen LogP) is 1.87. The van der Waals surface area contributed by atoms with Gasteiger partial charge < -0.3 is 10.4 Å². The highest BCUT2D eigenvalue weighted by Gasteiger charge is 2.24. The molecular formula is C13H23NO2. The quantitative estimate of drug-likeness (QED) is 0.678. The monoisotopic (exact) mass is 225 g/mol. The van der Waals surface area contributed by atoms with Crippen LogP contribution in [-0.4, -0.2) is 24.2 Å². The maximum atomic E-state index is 11.4. The van der Waals surface area contributed by atoms with Gasteiger partial charge in [-0.1, -0.05) is 18.9 Å². The summed E-state index contributed by atoms with van der Waals surface area (Å²) >= 11 is 0. The van der Waals surface area contributed by atoms with Gasteiger partial charge in [0.15, 0.2) is 0 Å². The molecular weight excluding hydrogens is 202 g/mol. The molecule has 1 rings (SSSR count). The van der Waals surface area contributed by atoms with Crippen molar-refractivity contribution in [2.24, 2.45) is 11.8 Å². The standard InChI is InChI=1S/C13H23NO2/c1-2-3-8-13(16)14-9-11-6-4-5-7-12(11)10-15/h2,11-12,15H,1,3-10H2,(H,14,16). The van der Waals surface area contributed by atoms with Gasteiger partial charge in [-0.25, -0.2) is 0 Å². The number of hydrogen-bond donors (Lipinski definition) is 2. The number of nitrogens with one attached hydrogen (secondary N) is 1. The lowest BCUT2D eigenvalue weighted by Crippen LogP contribution is -2.35. The van der Waals surface area contributed by atoms with Crippen molar-refractivity contribution in [3.63, 3.8) is 0 Å². The topological polar surface area (TPSA) is 49.3 Å². The first-order valence-electron chi connectivity index (χ1n) is 6.26. The lowest BCUT2D eigenvalue weighted by molar-refractivity contribution is -0.121. The molecule has 2 unspecified atom stereocenters. The third kappa shape index (κ3) is 4.35. The molecule has 0 aromatic heterocycles. The summed E-state index contributed by atoms with van der Waals surface area (Å²) in [5.74, 6) is 0.946. The van der Waals surface area contributed by atoms with Crippen LogP contribution in [0.2, 0.25) is 0 Å². The Morgan fingerprint density at radius 2 is 2.06 bits per heavy atom. The van der Waals surface area contributed by atoms with Crippen molar-refractivity contribution >= 4 is 5.91 Å². The van der Waals surface area contributed by atoms with E-state index in [2.05, 4.69) is 11.9 Å². The van der Waals surface area contributed by atoms with Crippen molar-refractivity contribution < 1.29 is 9.90 Å². The molecule has 1 fully saturated rings. The summed E-state index contributed by atoms with van der Waals surface area (Å²) in [6.45, 7) is 4.58. The smallest absolute Gasteiger partial charge is 0.220 e. The van der Waals surface area contributed by atoms with E-state index >= 15 is 0 Å². The summed E-state index contributed by atoms with van der Waals surface area (Å²) in [5.41, 5.74) is 0. The lowest BCUT2D eigenvalue weighted by atomic mass is 9.79. The minimum atomic E-state index is 0.0992. The summed E-state index contributed by atoms with van der Waals surface area (Å²) in [5, 5.41) is 12.2. The lowest BCUT2D eigenvalue weighted by Gasteiger charge is -2.30. The molecule has 1 amide bonds. The summed E-state index contributed by atoms with van der Waals surface area (Å²) < 4.78 is 0. The fraction of sp³-hybridized carbons (Fsp3) is 0.769. The number of hydrogen-bond acceptors (Lipinski definition) is 2.